The lowest BCUT2D eigenvalue weighted by atomic mass is 9.93. The Labute approximate surface area is 162 Å². The molecule has 3 aromatic rings. The van der Waals surface area contributed by atoms with Crippen LogP contribution in [-0.4, -0.2) is 24.5 Å². The SMILES string of the molecule is CS(=O)(=O)c1ccc(-n2nc3c(c2-c2ccc(F)c(Cl)c2)CCCC3)cc1. The predicted molar refractivity (Wildman–Crippen MR) is 104 cm³/mol. The maximum absolute atomic E-state index is 13.6. The topological polar surface area (TPSA) is 52.0 Å². The minimum Gasteiger partial charge on any atom is -0.233 e. The fourth-order valence-electron chi connectivity index (χ4n) is 3.51. The molecule has 0 atom stereocenters. The molecule has 0 bridgehead atoms. The molecule has 1 aliphatic carbocycles. The van der Waals surface area contributed by atoms with Crippen LogP contribution in [0, 0.1) is 5.82 Å². The van der Waals surface area contributed by atoms with Gasteiger partial charge in [0.1, 0.15) is 5.82 Å². The summed E-state index contributed by atoms with van der Waals surface area (Å²) in [5, 5.41) is 4.84. The highest BCUT2D eigenvalue weighted by atomic mass is 35.5. The molecular weight excluding hydrogens is 387 g/mol. The van der Waals surface area contributed by atoms with Crippen molar-refractivity contribution in [2.45, 2.75) is 30.6 Å². The number of aryl methyl sites for hydroxylation is 1. The van der Waals surface area contributed by atoms with Gasteiger partial charge in [-0.15, -0.1) is 0 Å². The van der Waals surface area contributed by atoms with Gasteiger partial charge < -0.3 is 0 Å². The van der Waals surface area contributed by atoms with Crippen LogP contribution in [0.5, 0.6) is 0 Å². The van der Waals surface area contributed by atoms with Crippen molar-refractivity contribution in [2.24, 2.45) is 0 Å². The third-order valence-corrected chi connectivity index (χ3v) is 6.28. The quantitative estimate of drug-likeness (QED) is 0.640. The van der Waals surface area contributed by atoms with E-state index in [9.17, 15) is 12.8 Å². The van der Waals surface area contributed by atoms with Gasteiger partial charge in [0.2, 0.25) is 0 Å². The second-order valence-corrected chi connectivity index (χ2v) is 9.21. The molecule has 0 saturated heterocycles. The second kappa shape index (κ2) is 6.77. The van der Waals surface area contributed by atoms with Crippen LogP contribution in [0.15, 0.2) is 47.4 Å². The second-order valence-electron chi connectivity index (χ2n) is 6.79. The summed E-state index contributed by atoms with van der Waals surface area (Å²) in [6.45, 7) is 0. The van der Waals surface area contributed by atoms with E-state index in [0.717, 1.165) is 53.9 Å². The van der Waals surface area contributed by atoms with Gasteiger partial charge in [0.15, 0.2) is 9.84 Å². The fourth-order valence-corrected chi connectivity index (χ4v) is 4.33. The maximum Gasteiger partial charge on any atom is 0.175 e. The van der Waals surface area contributed by atoms with Crippen molar-refractivity contribution >= 4 is 21.4 Å². The van der Waals surface area contributed by atoms with Gasteiger partial charge in [-0.25, -0.2) is 17.5 Å². The lowest BCUT2D eigenvalue weighted by Crippen LogP contribution is -2.02. The molecule has 0 saturated carbocycles. The van der Waals surface area contributed by atoms with Crippen LogP contribution in [-0.2, 0) is 22.7 Å². The van der Waals surface area contributed by atoms with E-state index in [1.54, 1.807) is 36.4 Å². The smallest absolute Gasteiger partial charge is 0.175 e. The number of benzene rings is 2. The third-order valence-electron chi connectivity index (χ3n) is 4.86. The lowest BCUT2D eigenvalue weighted by Gasteiger charge is -2.13. The molecule has 1 heterocycles. The zero-order chi connectivity index (χ0) is 19.2. The van der Waals surface area contributed by atoms with Crippen molar-refractivity contribution < 1.29 is 12.8 Å². The van der Waals surface area contributed by atoms with Crippen LogP contribution in [0.25, 0.3) is 16.9 Å². The molecule has 0 spiro atoms. The number of hydrogen-bond acceptors (Lipinski definition) is 3. The first-order valence-electron chi connectivity index (χ1n) is 8.71. The molecule has 0 fully saturated rings. The van der Waals surface area contributed by atoms with Crippen LogP contribution >= 0.6 is 11.6 Å². The first kappa shape index (κ1) is 18.2. The molecule has 140 valence electrons. The van der Waals surface area contributed by atoms with Gasteiger partial charge in [0, 0.05) is 17.4 Å². The van der Waals surface area contributed by atoms with Crippen LogP contribution in [0.2, 0.25) is 5.02 Å². The average molecular weight is 405 g/mol. The van der Waals surface area contributed by atoms with E-state index < -0.39 is 15.7 Å². The molecule has 0 radical (unpaired) electrons. The van der Waals surface area contributed by atoms with Crippen molar-refractivity contribution in [3.05, 3.63) is 64.6 Å². The molecule has 4 nitrogen and oxygen atoms in total. The maximum atomic E-state index is 13.6. The summed E-state index contributed by atoms with van der Waals surface area (Å²) >= 11 is 6.01. The molecular formula is C20H18ClFN2O2S. The molecule has 2 aromatic carbocycles. The van der Waals surface area contributed by atoms with Crippen LogP contribution in [0.3, 0.4) is 0 Å². The molecule has 1 aromatic heterocycles. The Morgan fingerprint density at radius 1 is 1.07 bits per heavy atom. The van der Waals surface area contributed by atoms with Crippen LogP contribution in [0.1, 0.15) is 24.1 Å². The summed E-state index contributed by atoms with van der Waals surface area (Å²) < 4.78 is 38.9. The first-order valence-corrected chi connectivity index (χ1v) is 11.0. The number of nitrogens with zero attached hydrogens (tertiary/aromatic N) is 2. The van der Waals surface area contributed by atoms with Gasteiger partial charge >= 0.3 is 0 Å². The van der Waals surface area contributed by atoms with Crippen LogP contribution in [0.4, 0.5) is 4.39 Å². The third kappa shape index (κ3) is 3.39. The van der Waals surface area contributed by atoms with Crippen molar-refractivity contribution in [1.82, 2.24) is 9.78 Å². The zero-order valence-corrected chi connectivity index (χ0v) is 16.3. The normalized spacial score (nSPS) is 14.2. The Hall–Kier alpha value is -2.18. The molecule has 0 amide bonds. The summed E-state index contributed by atoms with van der Waals surface area (Å²) in [6.07, 6.45) is 5.14. The summed E-state index contributed by atoms with van der Waals surface area (Å²) in [4.78, 5) is 0.259. The summed E-state index contributed by atoms with van der Waals surface area (Å²) in [5.74, 6) is -0.460. The zero-order valence-electron chi connectivity index (χ0n) is 14.7. The molecule has 0 aliphatic heterocycles. The van der Waals surface area contributed by atoms with Crippen molar-refractivity contribution in [1.29, 1.82) is 0 Å². The predicted octanol–water partition coefficient (Wildman–Crippen LogP) is 4.61. The average Bonchev–Trinajstić information content (AvgIpc) is 3.03. The highest BCUT2D eigenvalue weighted by molar-refractivity contribution is 7.90. The van der Waals surface area contributed by atoms with Gasteiger partial charge in [-0.05, 0) is 68.1 Å². The molecule has 0 unspecified atom stereocenters. The number of halogens is 2. The van der Waals surface area contributed by atoms with Crippen LogP contribution < -0.4 is 0 Å². The lowest BCUT2D eigenvalue weighted by molar-refractivity contribution is 0.602. The summed E-state index contributed by atoms with van der Waals surface area (Å²) in [6, 6.07) is 11.3. The highest BCUT2D eigenvalue weighted by Gasteiger charge is 2.23. The van der Waals surface area contributed by atoms with E-state index in [1.807, 2.05) is 4.68 Å². The number of aromatic nitrogens is 2. The largest absolute Gasteiger partial charge is 0.233 e. The van der Waals surface area contributed by atoms with E-state index in [1.165, 1.54) is 12.3 Å². The molecule has 4 rings (SSSR count). The fraction of sp³-hybridized carbons (Fsp3) is 0.250. The first-order chi connectivity index (χ1) is 12.8. The minimum atomic E-state index is -3.27. The Bertz CT molecular complexity index is 1120. The highest BCUT2D eigenvalue weighted by Crippen LogP contribution is 2.35. The van der Waals surface area contributed by atoms with Gasteiger partial charge in [-0.1, -0.05) is 11.6 Å². The van der Waals surface area contributed by atoms with Gasteiger partial charge in [-0.2, -0.15) is 5.10 Å². The molecule has 7 heteroatoms. The molecule has 0 N–H and O–H groups in total. The van der Waals surface area contributed by atoms with E-state index in [4.69, 9.17) is 16.7 Å². The molecule has 27 heavy (non-hydrogen) atoms. The summed E-state index contributed by atoms with van der Waals surface area (Å²) in [7, 11) is -3.27. The number of hydrogen-bond donors (Lipinski definition) is 0. The Morgan fingerprint density at radius 2 is 1.78 bits per heavy atom. The van der Waals surface area contributed by atoms with E-state index in [2.05, 4.69) is 0 Å². The van der Waals surface area contributed by atoms with Gasteiger partial charge in [-0.3, -0.25) is 0 Å². The Balaban J connectivity index is 1.90. The number of rotatable bonds is 3. The number of sulfone groups is 1. The van der Waals surface area contributed by atoms with Gasteiger partial charge in [0.05, 0.1) is 27.0 Å². The number of fused-ring (bicyclic) bond motifs is 1. The van der Waals surface area contributed by atoms with E-state index in [0.29, 0.717) is 0 Å². The standard InChI is InChI=1S/C20H18ClFN2O2S/c1-27(25,26)15-9-7-14(8-10-15)24-20(13-6-11-18(22)17(21)12-13)16-4-2-3-5-19(16)23-24/h6-12H,2-5H2,1H3. The van der Waals surface area contributed by atoms with Crippen molar-refractivity contribution in [2.75, 3.05) is 6.26 Å². The summed E-state index contributed by atoms with van der Waals surface area (Å²) in [5.41, 5.74) is 4.62. The minimum absolute atomic E-state index is 0.0669. The van der Waals surface area contributed by atoms with E-state index in [-0.39, 0.29) is 9.92 Å². The van der Waals surface area contributed by atoms with Gasteiger partial charge in [0.25, 0.3) is 0 Å². The van der Waals surface area contributed by atoms with E-state index >= 15 is 0 Å². The van der Waals surface area contributed by atoms with Crippen molar-refractivity contribution in [3.63, 3.8) is 0 Å². The Kier molecular flexibility index (Phi) is 4.56. The monoisotopic (exact) mass is 404 g/mol. The molecule has 1 aliphatic rings. The van der Waals surface area contributed by atoms with Crippen molar-refractivity contribution in [3.8, 4) is 16.9 Å². The Morgan fingerprint density at radius 3 is 2.44 bits per heavy atom.